The van der Waals surface area contributed by atoms with Gasteiger partial charge < -0.3 is 15.5 Å². The SMILES string of the molecule is CC(C)N(C)c1cc(N2CCCC(CN)C2)ncn1. The van der Waals surface area contributed by atoms with Gasteiger partial charge in [0, 0.05) is 32.2 Å². The molecule has 1 fully saturated rings. The van der Waals surface area contributed by atoms with Gasteiger partial charge in [-0.25, -0.2) is 9.97 Å². The molecule has 0 aromatic carbocycles. The fraction of sp³-hybridized carbons (Fsp3) is 0.714. The number of anilines is 2. The first kappa shape index (κ1) is 14.1. The predicted molar refractivity (Wildman–Crippen MR) is 79.6 cm³/mol. The Labute approximate surface area is 115 Å². The molecule has 2 heterocycles. The highest BCUT2D eigenvalue weighted by Crippen LogP contribution is 2.23. The second-order valence-electron chi connectivity index (χ2n) is 5.63. The molecule has 1 atom stereocenters. The van der Waals surface area contributed by atoms with Crippen molar-refractivity contribution in [3.8, 4) is 0 Å². The quantitative estimate of drug-likeness (QED) is 0.892. The molecule has 5 heteroatoms. The van der Waals surface area contributed by atoms with Crippen molar-refractivity contribution in [3.05, 3.63) is 12.4 Å². The van der Waals surface area contributed by atoms with E-state index in [9.17, 15) is 0 Å². The summed E-state index contributed by atoms with van der Waals surface area (Å²) in [6.45, 7) is 7.16. The smallest absolute Gasteiger partial charge is 0.134 e. The summed E-state index contributed by atoms with van der Waals surface area (Å²) in [5, 5.41) is 0. The lowest BCUT2D eigenvalue weighted by Crippen LogP contribution is -2.39. The number of hydrogen-bond donors (Lipinski definition) is 1. The van der Waals surface area contributed by atoms with Crippen molar-refractivity contribution in [3.63, 3.8) is 0 Å². The van der Waals surface area contributed by atoms with Crippen LogP contribution in [0.5, 0.6) is 0 Å². The maximum atomic E-state index is 5.79. The lowest BCUT2D eigenvalue weighted by atomic mass is 9.98. The zero-order chi connectivity index (χ0) is 13.8. The molecule has 19 heavy (non-hydrogen) atoms. The van der Waals surface area contributed by atoms with Gasteiger partial charge in [-0.1, -0.05) is 0 Å². The molecule has 0 spiro atoms. The molecule has 1 unspecified atom stereocenters. The highest BCUT2D eigenvalue weighted by molar-refractivity contribution is 5.50. The van der Waals surface area contributed by atoms with Crippen molar-refractivity contribution < 1.29 is 0 Å². The third-order valence-corrected chi connectivity index (χ3v) is 3.95. The van der Waals surface area contributed by atoms with E-state index in [4.69, 9.17) is 5.73 Å². The number of nitrogens with two attached hydrogens (primary N) is 1. The fourth-order valence-electron chi connectivity index (χ4n) is 2.43. The van der Waals surface area contributed by atoms with Gasteiger partial charge in [-0.2, -0.15) is 0 Å². The van der Waals surface area contributed by atoms with Crippen molar-refractivity contribution in [1.82, 2.24) is 9.97 Å². The maximum absolute atomic E-state index is 5.79. The summed E-state index contributed by atoms with van der Waals surface area (Å²) < 4.78 is 0. The van der Waals surface area contributed by atoms with Crippen LogP contribution in [0.15, 0.2) is 12.4 Å². The number of aromatic nitrogens is 2. The van der Waals surface area contributed by atoms with E-state index in [1.54, 1.807) is 6.33 Å². The molecule has 2 N–H and O–H groups in total. The third-order valence-electron chi connectivity index (χ3n) is 3.95. The van der Waals surface area contributed by atoms with Crippen LogP contribution in [0.3, 0.4) is 0 Å². The van der Waals surface area contributed by atoms with E-state index in [1.807, 2.05) is 0 Å². The number of piperidine rings is 1. The van der Waals surface area contributed by atoms with Crippen LogP contribution in [0.4, 0.5) is 11.6 Å². The van der Waals surface area contributed by atoms with Crippen molar-refractivity contribution in [2.75, 3.05) is 36.5 Å². The summed E-state index contributed by atoms with van der Waals surface area (Å²) in [7, 11) is 2.07. The number of rotatable bonds is 4. The van der Waals surface area contributed by atoms with Crippen molar-refractivity contribution in [2.24, 2.45) is 11.7 Å². The van der Waals surface area contributed by atoms with Crippen molar-refractivity contribution in [1.29, 1.82) is 0 Å². The van der Waals surface area contributed by atoms with Crippen molar-refractivity contribution in [2.45, 2.75) is 32.7 Å². The molecule has 0 radical (unpaired) electrons. The van der Waals surface area contributed by atoms with Crippen molar-refractivity contribution >= 4 is 11.6 Å². The topological polar surface area (TPSA) is 58.3 Å². The van der Waals surface area contributed by atoms with Gasteiger partial charge in [0.25, 0.3) is 0 Å². The van der Waals surface area contributed by atoms with E-state index in [2.05, 4.69) is 46.7 Å². The summed E-state index contributed by atoms with van der Waals surface area (Å²) in [6, 6.07) is 2.51. The monoisotopic (exact) mass is 263 g/mol. The molecule has 106 valence electrons. The van der Waals surface area contributed by atoms with Crippen LogP contribution in [0.2, 0.25) is 0 Å². The largest absolute Gasteiger partial charge is 0.357 e. The summed E-state index contributed by atoms with van der Waals surface area (Å²) in [5.74, 6) is 2.60. The second kappa shape index (κ2) is 6.19. The molecule has 1 aliphatic heterocycles. The Morgan fingerprint density at radius 2 is 2.26 bits per heavy atom. The Hall–Kier alpha value is -1.36. The molecule has 2 rings (SSSR count). The van der Waals surface area contributed by atoms with Crippen LogP contribution < -0.4 is 15.5 Å². The van der Waals surface area contributed by atoms with E-state index in [0.717, 1.165) is 31.3 Å². The van der Waals surface area contributed by atoms with Crippen LogP contribution in [-0.2, 0) is 0 Å². The Bertz CT molecular complexity index is 407. The van der Waals surface area contributed by atoms with Gasteiger partial charge in [-0.15, -0.1) is 0 Å². The molecule has 1 aliphatic rings. The predicted octanol–water partition coefficient (Wildman–Crippen LogP) is 1.50. The average molecular weight is 263 g/mol. The molecule has 0 aliphatic carbocycles. The maximum Gasteiger partial charge on any atom is 0.134 e. The zero-order valence-electron chi connectivity index (χ0n) is 12.2. The standard InChI is InChI=1S/C14H25N5/c1-11(2)18(3)13-7-14(17-10-16-13)19-6-4-5-12(8-15)9-19/h7,10-12H,4-6,8-9,15H2,1-3H3. The van der Waals surface area contributed by atoms with Crippen LogP contribution >= 0.6 is 0 Å². The van der Waals surface area contributed by atoms with Gasteiger partial charge >= 0.3 is 0 Å². The van der Waals surface area contributed by atoms with Gasteiger partial charge in [-0.05, 0) is 39.2 Å². The Morgan fingerprint density at radius 3 is 2.95 bits per heavy atom. The highest BCUT2D eigenvalue weighted by atomic mass is 15.2. The number of nitrogens with zero attached hydrogens (tertiary/aromatic N) is 4. The molecule has 1 aromatic heterocycles. The first-order chi connectivity index (χ1) is 9.11. The summed E-state index contributed by atoms with van der Waals surface area (Å²) in [5.41, 5.74) is 5.79. The third kappa shape index (κ3) is 3.35. The van der Waals surface area contributed by atoms with E-state index in [1.165, 1.54) is 12.8 Å². The van der Waals surface area contributed by atoms with E-state index >= 15 is 0 Å². The second-order valence-corrected chi connectivity index (χ2v) is 5.63. The van der Waals surface area contributed by atoms with Gasteiger partial charge in [-0.3, -0.25) is 0 Å². The van der Waals surface area contributed by atoms with Gasteiger partial charge in [0.15, 0.2) is 0 Å². The molecule has 0 saturated carbocycles. The zero-order valence-corrected chi connectivity index (χ0v) is 12.2. The lowest BCUT2D eigenvalue weighted by molar-refractivity contribution is 0.421. The minimum absolute atomic E-state index is 0.431. The van der Waals surface area contributed by atoms with E-state index in [-0.39, 0.29) is 0 Å². The fourth-order valence-corrected chi connectivity index (χ4v) is 2.43. The van der Waals surface area contributed by atoms with E-state index in [0.29, 0.717) is 12.0 Å². The molecule has 0 amide bonds. The van der Waals surface area contributed by atoms with Crippen LogP contribution in [0.25, 0.3) is 0 Å². The average Bonchev–Trinajstić information content (AvgIpc) is 2.46. The van der Waals surface area contributed by atoms with Crippen LogP contribution in [0, 0.1) is 5.92 Å². The minimum Gasteiger partial charge on any atom is -0.357 e. The Morgan fingerprint density at radius 1 is 1.47 bits per heavy atom. The molecule has 5 nitrogen and oxygen atoms in total. The van der Waals surface area contributed by atoms with Gasteiger partial charge in [0.2, 0.25) is 0 Å². The molecule has 1 saturated heterocycles. The lowest BCUT2D eigenvalue weighted by Gasteiger charge is -2.33. The summed E-state index contributed by atoms with van der Waals surface area (Å²) in [4.78, 5) is 13.3. The Kier molecular flexibility index (Phi) is 4.58. The van der Waals surface area contributed by atoms with E-state index < -0.39 is 0 Å². The first-order valence-corrected chi connectivity index (χ1v) is 7.11. The number of hydrogen-bond acceptors (Lipinski definition) is 5. The van der Waals surface area contributed by atoms with Gasteiger partial charge in [0.1, 0.15) is 18.0 Å². The Balaban J connectivity index is 2.14. The van der Waals surface area contributed by atoms with Crippen LogP contribution in [-0.4, -0.2) is 42.7 Å². The molecular formula is C14H25N5. The normalized spacial score (nSPS) is 19.8. The molecule has 0 bridgehead atoms. The van der Waals surface area contributed by atoms with Crippen LogP contribution in [0.1, 0.15) is 26.7 Å². The highest BCUT2D eigenvalue weighted by Gasteiger charge is 2.20. The molecular weight excluding hydrogens is 238 g/mol. The summed E-state index contributed by atoms with van der Waals surface area (Å²) in [6.07, 6.45) is 4.09. The first-order valence-electron chi connectivity index (χ1n) is 7.11. The van der Waals surface area contributed by atoms with Gasteiger partial charge in [0.05, 0.1) is 0 Å². The molecule has 1 aromatic rings. The minimum atomic E-state index is 0.431. The summed E-state index contributed by atoms with van der Waals surface area (Å²) >= 11 is 0.